The highest BCUT2D eigenvalue weighted by Crippen LogP contribution is 2.34. The van der Waals surface area contributed by atoms with Gasteiger partial charge in [-0.25, -0.2) is 9.59 Å². The first-order valence-electron chi connectivity index (χ1n) is 9.07. The topological polar surface area (TPSA) is 95.4 Å². The molecule has 0 atom stereocenters. The number of amides is 1. The predicted octanol–water partition coefficient (Wildman–Crippen LogP) is 0.654. The minimum Gasteiger partial charge on any atom is -0.462 e. The summed E-state index contributed by atoms with van der Waals surface area (Å²) in [4.78, 5) is 38.6. The molecule has 1 fully saturated rings. The van der Waals surface area contributed by atoms with Gasteiger partial charge in [0.05, 0.1) is 31.9 Å². The van der Waals surface area contributed by atoms with Crippen LogP contribution in [0.1, 0.15) is 45.4 Å². The van der Waals surface area contributed by atoms with E-state index in [0.717, 1.165) is 37.3 Å². The zero-order valence-corrected chi connectivity index (χ0v) is 16.8. The summed E-state index contributed by atoms with van der Waals surface area (Å²) in [5, 5.41) is 3.11. The number of carbonyl (C=O) groups is 3. The lowest BCUT2D eigenvalue weighted by Crippen LogP contribution is -3.11. The van der Waals surface area contributed by atoms with Crippen LogP contribution in [-0.2, 0) is 19.0 Å². The molecule has 1 saturated heterocycles. The maximum Gasteiger partial charge on any atom is 0.348 e. The zero-order valence-electron chi connectivity index (χ0n) is 16.0. The van der Waals surface area contributed by atoms with Crippen molar-refractivity contribution in [3.05, 3.63) is 16.0 Å². The molecule has 1 aliphatic heterocycles. The second kappa shape index (κ2) is 10.4. The lowest BCUT2D eigenvalue weighted by molar-refractivity contribution is -0.878. The van der Waals surface area contributed by atoms with Gasteiger partial charge in [-0.3, -0.25) is 4.79 Å². The summed E-state index contributed by atoms with van der Waals surface area (Å²) < 4.78 is 15.1. The average molecular weight is 399 g/mol. The van der Waals surface area contributed by atoms with Crippen molar-refractivity contribution in [2.75, 3.05) is 51.9 Å². The minimum absolute atomic E-state index is 0.113. The van der Waals surface area contributed by atoms with Gasteiger partial charge in [-0.1, -0.05) is 0 Å². The van der Waals surface area contributed by atoms with Crippen molar-refractivity contribution >= 4 is 34.2 Å². The highest BCUT2D eigenvalue weighted by molar-refractivity contribution is 7.18. The van der Waals surface area contributed by atoms with Crippen LogP contribution in [0, 0.1) is 6.92 Å². The first-order chi connectivity index (χ1) is 13.0. The van der Waals surface area contributed by atoms with Crippen LogP contribution in [-0.4, -0.2) is 64.4 Å². The first-order valence-corrected chi connectivity index (χ1v) is 9.89. The average Bonchev–Trinajstić information content (AvgIpc) is 3.23. The van der Waals surface area contributed by atoms with Crippen molar-refractivity contribution in [3.63, 3.8) is 0 Å². The van der Waals surface area contributed by atoms with Crippen LogP contribution in [0.4, 0.5) is 5.00 Å². The van der Waals surface area contributed by atoms with Crippen LogP contribution in [0.15, 0.2) is 0 Å². The Hall–Kier alpha value is -1.97. The molecule has 0 unspecified atom stereocenters. The molecule has 8 nitrogen and oxygen atoms in total. The van der Waals surface area contributed by atoms with Crippen molar-refractivity contribution in [2.24, 2.45) is 0 Å². The van der Waals surface area contributed by atoms with Gasteiger partial charge in [0.25, 0.3) is 5.91 Å². The molecule has 0 bridgehead atoms. The Bertz CT molecular complexity index is 682. The van der Waals surface area contributed by atoms with E-state index in [1.54, 1.807) is 13.8 Å². The Morgan fingerprint density at radius 3 is 2.44 bits per heavy atom. The number of thiophene rings is 1. The van der Waals surface area contributed by atoms with Crippen LogP contribution in [0.2, 0.25) is 0 Å². The fourth-order valence-electron chi connectivity index (χ4n) is 2.98. The third-order valence-corrected chi connectivity index (χ3v) is 5.49. The molecule has 0 aromatic carbocycles. The molecule has 1 amide bonds. The summed E-state index contributed by atoms with van der Waals surface area (Å²) >= 11 is 1.04. The lowest BCUT2D eigenvalue weighted by Gasteiger charge is -2.12. The van der Waals surface area contributed by atoms with E-state index in [2.05, 4.69) is 5.32 Å². The van der Waals surface area contributed by atoms with Crippen LogP contribution < -0.4 is 10.2 Å². The molecule has 1 aromatic heterocycles. The van der Waals surface area contributed by atoms with Crippen LogP contribution in [0.3, 0.4) is 0 Å². The third kappa shape index (κ3) is 5.75. The molecule has 9 heteroatoms. The molecule has 2 heterocycles. The maximum absolute atomic E-state index is 12.4. The van der Waals surface area contributed by atoms with Gasteiger partial charge >= 0.3 is 11.9 Å². The highest BCUT2D eigenvalue weighted by atomic mass is 32.1. The van der Waals surface area contributed by atoms with E-state index in [4.69, 9.17) is 14.2 Å². The molecule has 0 saturated carbocycles. The molecule has 0 radical (unpaired) electrons. The zero-order chi connectivity index (χ0) is 19.8. The molecule has 0 aliphatic carbocycles. The summed E-state index contributed by atoms with van der Waals surface area (Å²) in [5.74, 6) is -1.30. The lowest BCUT2D eigenvalue weighted by atomic mass is 10.1. The van der Waals surface area contributed by atoms with E-state index in [9.17, 15) is 14.4 Å². The summed E-state index contributed by atoms with van der Waals surface area (Å²) in [5.41, 5.74) is 0.662. The van der Waals surface area contributed by atoms with Crippen LogP contribution in [0.25, 0.3) is 0 Å². The van der Waals surface area contributed by atoms with Gasteiger partial charge in [0.15, 0.2) is 6.54 Å². The third-order valence-electron chi connectivity index (χ3n) is 4.31. The van der Waals surface area contributed by atoms with Gasteiger partial charge in [-0.2, -0.15) is 0 Å². The van der Waals surface area contributed by atoms with Crippen molar-refractivity contribution in [3.8, 4) is 0 Å². The standard InChI is InChI=1S/C18H26N2O6S/c1-4-25-17(22)14-12(2)15(18(23)26-10-9-24-3)27-16(14)19-13(21)11-20-7-5-6-8-20/h4-11H2,1-3H3,(H,19,21)/p+1. The smallest absolute Gasteiger partial charge is 0.348 e. The number of anilines is 1. The molecule has 150 valence electrons. The van der Waals surface area contributed by atoms with Crippen molar-refractivity contribution in [2.45, 2.75) is 26.7 Å². The number of quaternary nitrogens is 1. The van der Waals surface area contributed by atoms with Crippen molar-refractivity contribution < 1.29 is 33.5 Å². The van der Waals surface area contributed by atoms with Gasteiger partial charge in [-0.15, -0.1) is 11.3 Å². The molecule has 0 spiro atoms. The summed E-state index contributed by atoms with van der Waals surface area (Å²) in [6.45, 7) is 6.23. The fraction of sp³-hybridized carbons (Fsp3) is 0.611. The largest absolute Gasteiger partial charge is 0.462 e. The van der Waals surface area contributed by atoms with Gasteiger partial charge in [-0.05, 0) is 19.4 Å². The van der Waals surface area contributed by atoms with E-state index in [1.165, 1.54) is 12.0 Å². The monoisotopic (exact) mass is 399 g/mol. The van der Waals surface area contributed by atoms with E-state index < -0.39 is 11.9 Å². The number of carbonyl (C=O) groups excluding carboxylic acids is 3. The number of hydrogen-bond donors (Lipinski definition) is 2. The van der Waals surface area contributed by atoms with Crippen molar-refractivity contribution in [1.29, 1.82) is 0 Å². The number of methoxy groups -OCH3 is 1. The summed E-state index contributed by atoms with van der Waals surface area (Å²) in [6.07, 6.45) is 2.23. The van der Waals surface area contributed by atoms with Gasteiger partial charge in [0.1, 0.15) is 16.5 Å². The normalized spacial score (nSPS) is 14.2. The number of nitrogens with one attached hydrogen (secondary N) is 2. The van der Waals surface area contributed by atoms with Crippen LogP contribution >= 0.6 is 11.3 Å². The molecular weight excluding hydrogens is 372 g/mol. The quantitative estimate of drug-likeness (QED) is 0.468. The van der Waals surface area contributed by atoms with E-state index in [-0.39, 0.29) is 36.2 Å². The predicted molar refractivity (Wildman–Crippen MR) is 101 cm³/mol. The number of likely N-dealkylation sites (tertiary alicyclic amines) is 1. The number of rotatable bonds is 9. The fourth-order valence-corrected chi connectivity index (χ4v) is 4.08. The summed E-state index contributed by atoms with van der Waals surface area (Å²) in [7, 11) is 1.51. The number of ether oxygens (including phenoxy) is 3. The van der Waals surface area contributed by atoms with E-state index in [0.29, 0.717) is 17.1 Å². The molecule has 2 N–H and O–H groups in total. The van der Waals surface area contributed by atoms with E-state index in [1.807, 2.05) is 0 Å². The Balaban J connectivity index is 2.19. The Morgan fingerprint density at radius 1 is 1.11 bits per heavy atom. The minimum atomic E-state index is -0.564. The maximum atomic E-state index is 12.4. The molecule has 27 heavy (non-hydrogen) atoms. The molecule has 1 aliphatic rings. The number of esters is 2. The highest BCUT2D eigenvalue weighted by Gasteiger charge is 2.28. The molecular formula is C18H27N2O6S+. The summed E-state index contributed by atoms with van der Waals surface area (Å²) in [6, 6.07) is 0. The SMILES string of the molecule is CCOC(=O)c1c(NC(=O)C[NH+]2CCCC2)sc(C(=O)OCCOC)c1C. The Kier molecular flexibility index (Phi) is 8.21. The van der Waals surface area contributed by atoms with E-state index >= 15 is 0 Å². The Morgan fingerprint density at radius 2 is 1.81 bits per heavy atom. The number of hydrogen-bond acceptors (Lipinski definition) is 7. The molecule has 1 aromatic rings. The van der Waals surface area contributed by atoms with Gasteiger partial charge < -0.3 is 24.4 Å². The second-order valence-electron chi connectivity index (χ2n) is 6.29. The second-order valence-corrected chi connectivity index (χ2v) is 7.31. The first kappa shape index (κ1) is 21.3. The van der Waals surface area contributed by atoms with Gasteiger partial charge in [0, 0.05) is 20.0 Å². The van der Waals surface area contributed by atoms with Crippen LogP contribution in [0.5, 0.6) is 0 Å². The van der Waals surface area contributed by atoms with Gasteiger partial charge in [0.2, 0.25) is 0 Å². The molecule has 2 rings (SSSR count). The Labute approximate surface area is 162 Å². The van der Waals surface area contributed by atoms with Crippen molar-refractivity contribution in [1.82, 2.24) is 0 Å².